The van der Waals surface area contributed by atoms with E-state index in [1.165, 1.54) is 0 Å². The lowest BCUT2D eigenvalue weighted by atomic mass is 9.90. The van der Waals surface area contributed by atoms with Gasteiger partial charge in [-0.05, 0) is 23.8 Å². The number of hydrogen-bond donors (Lipinski definition) is 2. The van der Waals surface area contributed by atoms with E-state index in [1.54, 1.807) is 0 Å². The minimum Gasteiger partial charge on any atom is -0.378 e. The second-order valence-electron chi connectivity index (χ2n) is 7.40. The number of anilines is 3. The molecule has 1 atom stereocenters. The molecular formula is C22H23N5O2. The number of fused-ring (bicyclic) bond motifs is 2. The van der Waals surface area contributed by atoms with E-state index in [1.807, 2.05) is 42.5 Å². The van der Waals surface area contributed by atoms with E-state index in [0.717, 1.165) is 47.0 Å². The second kappa shape index (κ2) is 7.67. The van der Waals surface area contributed by atoms with Crippen LogP contribution in [0, 0.1) is 0 Å². The smallest absolute Gasteiger partial charge is 0.225 e. The first kappa shape index (κ1) is 17.9. The third-order valence-electron chi connectivity index (χ3n) is 5.49. The lowest BCUT2D eigenvalue weighted by Crippen LogP contribution is -2.37. The maximum atomic E-state index is 12.1. The number of carbonyl (C=O) groups is 1. The highest BCUT2D eigenvalue weighted by molar-refractivity contribution is 5.94. The van der Waals surface area contributed by atoms with Crippen molar-refractivity contribution in [1.29, 1.82) is 0 Å². The largest absolute Gasteiger partial charge is 0.378 e. The van der Waals surface area contributed by atoms with E-state index in [2.05, 4.69) is 21.6 Å². The molecule has 1 fully saturated rings. The standard InChI is InChI=1S/C22H23N5O2/c28-20-13-15(16-5-1-2-6-17(16)24-20)14-23-21-22(27-9-11-29-12-10-27)26-19-8-4-3-7-18(19)25-21/h1-8,15H,9-14H2,(H,23,25)(H,24,28). The summed E-state index contributed by atoms with van der Waals surface area (Å²) < 4.78 is 5.50. The molecule has 29 heavy (non-hydrogen) atoms. The molecule has 0 radical (unpaired) electrons. The molecule has 5 rings (SSSR count). The molecule has 7 heteroatoms. The Morgan fingerprint density at radius 3 is 2.59 bits per heavy atom. The van der Waals surface area contributed by atoms with Crippen molar-refractivity contribution < 1.29 is 9.53 Å². The van der Waals surface area contributed by atoms with E-state index in [9.17, 15) is 4.79 Å². The number of hydrogen-bond acceptors (Lipinski definition) is 6. The van der Waals surface area contributed by atoms with Crippen molar-refractivity contribution in [2.75, 3.05) is 48.4 Å². The first-order chi connectivity index (χ1) is 14.3. The van der Waals surface area contributed by atoms with E-state index >= 15 is 0 Å². The van der Waals surface area contributed by atoms with Crippen molar-refractivity contribution in [2.24, 2.45) is 0 Å². The molecular weight excluding hydrogens is 366 g/mol. The molecule has 0 bridgehead atoms. The molecule has 2 aliphatic rings. The van der Waals surface area contributed by atoms with Crippen LogP contribution in [-0.4, -0.2) is 48.7 Å². The molecule has 1 unspecified atom stereocenters. The van der Waals surface area contributed by atoms with Gasteiger partial charge in [0.25, 0.3) is 0 Å². The Labute approximate surface area is 169 Å². The van der Waals surface area contributed by atoms with Crippen LogP contribution in [0.5, 0.6) is 0 Å². The highest BCUT2D eigenvalue weighted by Crippen LogP contribution is 2.33. The second-order valence-corrected chi connectivity index (χ2v) is 7.40. The summed E-state index contributed by atoms with van der Waals surface area (Å²) in [5, 5.41) is 6.46. The summed E-state index contributed by atoms with van der Waals surface area (Å²) in [4.78, 5) is 24.1. The molecule has 3 heterocycles. The molecule has 0 spiro atoms. The molecule has 0 saturated carbocycles. The number of morpholine rings is 1. The van der Waals surface area contributed by atoms with Crippen LogP contribution >= 0.6 is 0 Å². The Balaban J connectivity index is 1.46. The van der Waals surface area contributed by atoms with Crippen molar-refractivity contribution in [3.8, 4) is 0 Å². The SMILES string of the molecule is O=C1CC(CNc2nc3ccccc3nc2N2CCOCC2)c2ccccc2N1. The predicted molar refractivity (Wildman–Crippen MR) is 113 cm³/mol. The number of nitrogens with one attached hydrogen (secondary N) is 2. The highest BCUT2D eigenvalue weighted by Gasteiger charge is 2.26. The van der Waals surface area contributed by atoms with Gasteiger partial charge < -0.3 is 20.3 Å². The average Bonchev–Trinajstić information content (AvgIpc) is 2.77. The van der Waals surface area contributed by atoms with Crippen LogP contribution in [0.1, 0.15) is 17.9 Å². The van der Waals surface area contributed by atoms with Gasteiger partial charge in [-0.15, -0.1) is 0 Å². The van der Waals surface area contributed by atoms with Crippen LogP contribution in [0.3, 0.4) is 0 Å². The van der Waals surface area contributed by atoms with Crippen LogP contribution in [-0.2, 0) is 9.53 Å². The molecule has 1 amide bonds. The number of benzene rings is 2. The van der Waals surface area contributed by atoms with Crippen LogP contribution in [0.25, 0.3) is 11.0 Å². The molecule has 2 aliphatic heterocycles. The Hall–Kier alpha value is -3.19. The summed E-state index contributed by atoms with van der Waals surface area (Å²) in [5.41, 5.74) is 3.78. The third-order valence-corrected chi connectivity index (χ3v) is 5.49. The topological polar surface area (TPSA) is 79.4 Å². The van der Waals surface area contributed by atoms with Gasteiger partial charge in [0, 0.05) is 37.7 Å². The number of para-hydroxylation sites is 3. The van der Waals surface area contributed by atoms with E-state index in [-0.39, 0.29) is 11.8 Å². The zero-order valence-corrected chi connectivity index (χ0v) is 16.1. The molecule has 1 aromatic heterocycles. The summed E-state index contributed by atoms with van der Waals surface area (Å²) >= 11 is 0. The molecule has 2 N–H and O–H groups in total. The average molecular weight is 389 g/mol. The van der Waals surface area contributed by atoms with Gasteiger partial charge in [-0.25, -0.2) is 9.97 Å². The van der Waals surface area contributed by atoms with Crippen LogP contribution in [0.4, 0.5) is 17.3 Å². The monoisotopic (exact) mass is 389 g/mol. The quantitative estimate of drug-likeness (QED) is 0.714. The van der Waals surface area contributed by atoms with Gasteiger partial charge in [0.2, 0.25) is 5.91 Å². The number of carbonyl (C=O) groups excluding carboxylic acids is 1. The van der Waals surface area contributed by atoms with Crippen molar-refractivity contribution in [1.82, 2.24) is 9.97 Å². The van der Waals surface area contributed by atoms with Gasteiger partial charge in [-0.2, -0.15) is 0 Å². The van der Waals surface area contributed by atoms with Gasteiger partial charge in [-0.1, -0.05) is 30.3 Å². The zero-order chi connectivity index (χ0) is 19.6. The normalized spacial score (nSPS) is 19.0. The van der Waals surface area contributed by atoms with E-state index in [0.29, 0.717) is 26.2 Å². The molecule has 7 nitrogen and oxygen atoms in total. The summed E-state index contributed by atoms with van der Waals surface area (Å²) in [6, 6.07) is 15.9. The molecule has 2 aromatic carbocycles. The Kier molecular flexibility index (Phi) is 4.73. The number of nitrogens with zero attached hydrogens (tertiary/aromatic N) is 3. The lowest BCUT2D eigenvalue weighted by molar-refractivity contribution is -0.116. The van der Waals surface area contributed by atoms with Crippen LogP contribution < -0.4 is 15.5 Å². The lowest BCUT2D eigenvalue weighted by Gasteiger charge is -2.30. The Morgan fingerprint density at radius 1 is 1.03 bits per heavy atom. The number of rotatable bonds is 4. The van der Waals surface area contributed by atoms with Crippen molar-refractivity contribution in [3.63, 3.8) is 0 Å². The summed E-state index contributed by atoms with van der Waals surface area (Å²) in [5.74, 6) is 1.74. The first-order valence-corrected chi connectivity index (χ1v) is 10.00. The van der Waals surface area contributed by atoms with E-state index < -0.39 is 0 Å². The fourth-order valence-corrected chi connectivity index (χ4v) is 4.01. The van der Waals surface area contributed by atoms with Gasteiger partial charge in [0.15, 0.2) is 11.6 Å². The molecule has 3 aromatic rings. The maximum absolute atomic E-state index is 12.1. The number of amides is 1. The minimum atomic E-state index is 0.0495. The van der Waals surface area contributed by atoms with Crippen LogP contribution in [0.2, 0.25) is 0 Å². The van der Waals surface area contributed by atoms with Gasteiger partial charge in [0.1, 0.15) is 0 Å². The predicted octanol–water partition coefficient (Wildman–Crippen LogP) is 3.00. The minimum absolute atomic E-state index is 0.0495. The Bertz CT molecular complexity index is 1050. The summed E-state index contributed by atoms with van der Waals surface area (Å²) in [7, 11) is 0. The fourth-order valence-electron chi connectivity index (χ4n) is 4.01. The molecule has 1 saturated heterocycles. The van der Waals surface area contributed by atoms with Crippen molar-refractivity contribution >= 4 is 34.3 Å². The zero-order valence-electron chi connectivity index (χ0n) is 16.1. The first-order valence-electron chi connectivity index (χ1n) is 10.00. The van der Waals surface area contributed by atoms with E-state index in [4.69, 9.17) is 14.7 Å². The summed E-state index contributed by atoms with van der Waals surface area (Å²) in [6.07, 6.45) is 0.456. The fraction of sp³-hybridized carbons (Fsp3) is 0.318. The van der Waals surface area contributed by atoms with Crippen molar-refractivity contribution in [3.05, 3.63) is 54.1 Å². The maximum Gasteiger partial charge on any atom is 0.225 e. The van der Waals surface area contributed by atoms with Gasteiger partial charge >= 0.3 is 0 Å². The van der Waals surface area contributed by atoms with Gasteiger partial charge in [0.05, 0.1) is 24.2 Å². The third kappa shape index (κ3) is 3.61. The summed E-state index contributed by atoms with van der Waals surface area (Å²) in [6.45, 7) is 3.57. The van der Waals surface area contributed by atoms with Crippen LogP contribution in [0.15, 0.2) is 48.5 Å². The molecule has 0 aliphatic carbocycles. The highest BCUT2D eigenvalue weighted by atomic mass is 16.5. The van der Waals surface area contributed by atoms with Gasteiger partial charge in [-0.3, -0.25) is 4.79 Å². The Morgan fingerprint density at radius 2 is 1.76 bits per heavy atom. The number of ether oxygens (including phenoxy) is 1. The molecule has 148 valence electrons. The van der Waals surface area contributed by atoms with Crippen molar-refractivity contribution in [2.45, 2.75) is 12.3 Å². The number of aromatic nitrogens is 2.